The summed E-state index contributed by atoms with van der Waals surface area (Å²) in [4.78, 5) is 15.3. The lowest BCUT2D eigenvalue weighted by Crippen LogP contribution is -2.29. The molecule has 1 N–H and O–H groups in total. The molecule has 1 atom stereocenters. The predicted molar refractivity (Wildman–Crippen MR) is 102 cm³/mol. The van der Waals surface area contributed by atoms with Crippen molar-refractivity contribution >= 4 is 23.6 Å². The fraction of sp³-hybridized carbons (Fsp3) is 0.200. The van der Waals surface area contributed by atoms with Gasteiger partial charge in [-0.2, -0.15) is 0 Å². The molecule has 1 aromatic carbocycles. The van der Waals surface area contributed by atoms with E-state index in [0.717, 1.165) is 5.56 Å². The van der Waals surface area contributed by atoms with Crippen molar-refractivity contribution in [1.82, 2.24) is 10.3 Å². The van der Waals surface area contributed by atoms with Crippen molar-refractivity contribution in [2.75, 3.05) is 6.61 Å². The van der Waals surface area contributed by atoms with Crippen LogP contribution in [0, 0.1) is 12.3 Å². The molecule has 0 spiro atoms. The fourth-order valence-corrected chi connectivity index (χ4v) is 2.21. The van der Waals surface area contributed by atoms with Gasteiger partial charge in [0.2, 0.25) is 11.8 Å². The third kappa shape index (κ3) is 5.83. The highest BCUT2D eigenvalue weighted by Crippen LogP contribution is 2.32. The molecule has 0 radical (unpaired) electrons. The number of terminal acetylenes is 1. The molecule has 0 aliphatic heterocycles. The first kappa shape index (κ1) is 19.4. The normalized spacial score (nSPS) is 11.6. The molecule has 0 bridgehead atoms. The minimum atomic E-state index is -0.469. The lowest BCUT2D eigenvalue weighted by Gasteiger charge is -2.09. The Bertz CT molecular complexity index is 826. The second-order valence-electron chi connectivity index (χ2n) is 5.26. The molecule has 0 fully saturated rings. The van der Waals surface area contributed by atoms with Gasteiger partial charge in [-0.15, -0.1) is 6.42 Å². The van der Waals surface area contributed by atoms with Gasteiger partial charge in [0.15, 0.2) is 5.75 Å². The molecule has 0 aliphatic carbocycles. The molecular formula is C20H19ClN2O3. The highest BCUT2D eigenvalue weighted by molar-refractivity contribution is 6.32. The van der Waals surface area contributed by atoms with Crippen molar-refractivity contribution in [1.29, 1.82) is 0 Å². The SMILES string of the molecule is C#C[C@@H](/C=C/c1ccc(Oc2cc(OCC)ccc2Cl)nc1)NC(C)=O. The summed E-state index contributed by atoms with van der Waals surface area (Å²) in [7, 11) is 0. The summed E-state index contributed by atoms with van der Waals surface area (Å²) >= 11 is 6.15. The topological polar surface area (TPSA) is 60.5 Å². The molecule has 0 unspecified atom stereocenters. The number of rotatable bonds is 7. The van der Waals surface area contributed by atoms with E-state index < -0.39 is 6.04 Å². The van der Waals surface area contributed by atoms with Crippen LogP contribution < -0.4 is 14.8 Å². The Hall–Kier alpha value is -2.97. The second-order valence-corrected chi connectivity index (χ2v) is 5.67. The van der Waals surface area contributed by atoms with E-state index >= 15 is 0 Å². The van der Waals surface area contributed by atoms with Crippen LogP contribution in [-0.2, 0) is 4.79 Å². The molecule has 0 aliphatic rings. The van der Waals surface area contributed by atoms with Crippen LogP contribution in [0.1, 0.15) is 19.4 Å². The number of ether oxygens (including phenoxy) is 2. The highest BCUT2D eigenvalue weighted by Gasteiger charge is 2.07. The number of nitrogens with one attached hydrogen (secondary N) is 1. The van der Waals surface area contributed by atoms with Gasteiger partial charge in [0.05, 0.1) is 11.6 Å². The first-order valence-corrected chi connectivity index (χ1v) is 8.37. The standard InChI is InChI=1S/C20H19ClN2O3/c1-4-16(23-14(3)24)8-6-15-7-11-20(22-13-15)26-19-12-17(25-5-2)9-10-18(19)21/h1,6-13,16H,5H2,2-3H3,(H,23,24)/b8-6+/t16-/m0/s1. The summed E-state index contributed by atoms with van der Waals surface area (Å²) in [5.41, 5.74) is 0.817. The first-order valence-electron chi connectivity index (χ1n) is 7.99. The summed E-state index contributed by atoms with van der Waals surface area (Å²) in [6.07, 6.45) is 10.5. The molecule has 0 saturated carbocycles. The van der Waals surface area contributed by atoms with Gasteiger partial charge < -0.3 is 14.8 Å². The summed E-state index contributed by atoms with van der Waals surface area (Å²) < 4.78 is 11.2. The Balaban J connectivity index is 2.07. The van der Waals surface area contributed by atoms with Crippen molar-refractivity contribution in [2.45, 2.75) is 19.9 Å². The molecule has 5 nitrogen and oxygen atoms in total. The Labute approximate surface area is 158 Å². The van der Waals surface area contributed by atoms with Crippen LogP contribution in [0.25, 0.3) is 6.08 Å². The molecule has 2 rings (SSSR count). The lowest BCUT2D eigenvalue weighted by molar-refractivity contribution is -0.119. The largest absolute Gasteiger partial charge is 0.494 e. The third-order valence-corrected chi connectivity index (χ3v) is 3.52. The van der Waals surface area contributed by atoms with Crippen molar-refractivity contribution in [2.24, 2.45) is 0 Å². The number of amides is 1. The predicted octanol–water partition coefficient (Wildman–Crippen LogP) is 4.08. The van der Waals surface area contributed by atoms with Crippen LogP contribution >= 0.6 is 11.6 Å². The van der Waals surface area contributed by atoms with Crippen LogP contribution in [0.15, 0.2) is 42.6 Å². The van der Waals surface area contributed by atoms with Gasteiger partial charge in [0.1, 0.15) is 11.8 Å². The number of halogens is 1. The van der Waals surface area contributed by atoms with Gasteiger partial charge in [0.25, 0.3) is 0 Å². The fourth-order valence-electron chi connectivity index (χ4n) is 2.05. The number of nitrogens with zero attached hydrogens (tertiary/aromatic N) is 1. The van der Waals surface area contributed by atoms with E-state index in [2.05, 4.69) is 16.2 Å². The van der Waals surface area contributed by atoms with Crippen molar-refractivity contribution in [3.05, 3.63) is 53.2 Å². The van der Waals surface area contributed by atoms with Crippen LogP contribution in [-0.4, -0.2) is 23.5 Å². The molecule has 1 aromatic heterocycles. The zero-order chi connectivity index (χ0) is 18.9. The van der Waals surface area contributed by atoms with E-state index in [9.17, 15) is 4.79 Å². The van der Waals surface area contributed by atoms with Gasteiger partial charge in [-0.3, -0.25) is 4.79 Å². The maximum absolute atomic E-state index is 11.0. The van der Waals surface area contributed by atoms with Crippen molar-refractivity contribution in [3.8, 4) is 29.7 Å². The molecule has 6 heteroatoms. The van der Waals surface area contributed by atoms with E-state index in [0.29, 0.717) is 29.0 Å². The minimum absolute atomic E-state index is 0.189. The number of aromatic nitrogens is 1. The van der Waals surface area contributed by atoms with Gasteiger partial charge >= 0.3 is 0 Å². The highest BCUT2D eigenvalue weighted by atomic mass is 35.5. The van der Waals surface area contributed by atoms with E-state index in [1.807, 2.05) is 13.0 Å². The van der Waals surface area contributed by atoms with Gasteiger partial charge in [-0.25, -0.2) is 4.98 Å². The Morgan fingerprint density at radius 3 is 2.85 bits per heavy atom. The maximum Gasteiger partial charge on any atom is 0.219 e. The van der Waals surface area contributed by atoms with Gasteiger partial charge in [-0.05, 0) is 36.8 Å². The minimum Gasteiger partial charge on any atom is -0.494 e. The van der Waals surface area contributed by atoms with Crippen LogP contribution in [0.3, 0.4) is 0 Å². The van der Waals surface area contributed by atoms with Crippen molar-refractivity contribution in [3.63, 3.8) is 0 Å². The molecule has 2 aromatic rings. The first-order chi connectivity index (χ1) is 12.5. The molecule has 1 amide bonds. The Morgan fingerprint density at radius 2 is 2.23 bits per heavy atom. The Kier molecular flexibility index (Phi) is 7.07. The van der Waals surface area contributed by atoms with Gasteiger partial charge in [-0.1, -0.05) is 23.6 Å². The monoisotopic (exact) mass is 370 g/mol. The van der Waals surface area contributed by atoms with E-state index in [1.165, 1.54) is 6.92 Å². The van der Waals surface area contributed by atoms with Gasteiger partial charge in [0, 0.05) is 25.3 Å². The quantitative estimate of drug-likeness (QED) is 0.746. The second kappa shape index (κ2) is 9.50. The maximum atomic E-state index is 11.0. The van der Waals surface area contributed by atoms with Crippen molar-refractivity contribution < 1.29 is 14.3 Å². The lowest BCUT2D eigenvalue weighted by atomic mass is 10.2. The number of carbonyl (C=O) groups is 1. The summed E-state index contributed by atoms with van der Waals surface area (Å²) in [6.45, 7) is 3.87. The number of hydrogen-bond acceptors (Lipinski definition) is 4. The molecule has 1 heterocycles. The smallest absolute Gasteiger partial charge is 0.219 e. The molecule has 134 valence electrons. The van der Waals surface area contributed by atoms with E-state index in [-0.39, 0.29) is 5.91 Å². The average molecular weight is 371 g/mol. The molecule has 0 saturated heterocycles. The molecular weight excluding hydrogens is 352 g/mol. The number of carbonyl (C=O) groups excluding carboxylic acids is 1. The van der Waals surface area contributed by atoms with Crippen LogP contribution in [0.4, 0.5) is 0 Å². The average Bonchev–Trinajstić information content (AvgIpc) is 2.62. The third-order valence-electron chi connectivity index (χ3n) is 3.21. The number of hydrogen-bond donors (Lipinski definition) is 1. The Morgan fingerprint density at radius 1 is 1.42 bits per heavy atom. The zero-order valence-electron chi connectivity index (χ0n) is 14.5. The van der Waals surface area contributed by atoms with Crippen LogP contribution in [0.5, 0.6) is 17.4 Å². The van der Waals surface area contributed by atoms with Crippen LogP contribution in [0.2, 0.25) is 5.02 Å². The molecule has 26 heavy (non-hydrogen) atoms. The van der Waals surface area contributed by atoms with E-state index in [1.54, 1.807) is 42.6 Å². The number of benzene rings is 1. The zero-order valence-corrected chi connectivity index (χ0v) is 15.3. The summed E-state index contributed by atoms with van der Waals surface area (Å²) in [5.74, 6) is 3.82. The number of pyridine rings is 1. The summed E-state index contributed by atoms with van der Waals surface area (Å²) in [6, 6.07) is 8.26. The van der Waals surface area contributed by atoms with E-state index in [4.69, 9.17) is 27.5 Å². The summed E-state index contributed by atoms with van der Waals surface area (Å²) in [5, 5.41) is 3.10.